The molecule has 0 spiro atoms. The van der Waals surface area contributed by atoms with E-state index in [0.29, 0.717) is 0 Å². The second-order valence-corrected chi connectivity index (χ2v) is 6.84. The standard InChI is InChI=1S/C10H14N5O7P.H3N/c11-10-13-7-4(8(18)14-10)12-2-15(7)1-3-5(16)6(17)9(22-3)23(19,20)21;/h2-3,5-6,9,16-17H,1H2,(H2,19,20,21)(H3,11,13,14,18);1H3/t3-,5-,6-,9+;/m1./s1. The minimum Gasteiger partial charge on any atom is -0.388 e. The van der Waals surface area contributed by atoms with Crippen LogP contribution in [0.25, 0.3) is 11.2 Å². The molecule has 14 heteroatoms. The number of rotatable bonds is 3. The molecule has 0 bridgehead atoms. The summed E-state index contributed by atoms with van der Waals surface area (Å²) in [7, 11) is -4.75. The van der Waals surface area contributed by atoms with E-state index in [1.54, 1.807) is 0 Å². The number of hydrogen-bond donors (Lipinski definition) is 7. The number of hydrogen-bond acceptors (Lipinski definition) is 9. The number of aliphatic hydroxyl groups excluding tert-OH is 2. The summed E-state index contributed by atoms with van der Waals surface area (Å²) in [5.74, 6) is -1.95. The predicted octanol–water partition coefficient (Wildman–Crippen LogP) is -2.51. The number of imidazole rings is 1. The van der Waals surface area contributed by atoms with Crippen molar-refractivity contribution in [3.8, 4) is 0 Å². The lowest BCUT2D eigenvalue weighted by Gasteiger charge is -2.15. The zero-order valence-electron chi connectivity index (χ0n) is 12.2. The van der Waals surface area contributed by atoms with Crippen LogP contribution in [0.1, 0.15) is 0 Å². The molecule has 0 radical (unpaired) electrons. The van der Waals surface area contributed by atoms with Crippen molar-refractivity contribution >= 4 is 24.7 Å². The number of fused-ring (bicyclic) bond motifs is 1. The lowest BCUT2D eigenvalue weighted by Crippen LogP contribution is -2.34. The summed E-state index contributed by atoms with van der Waals surface area (Å²) in [5, 5.41) is 19.6. The minimum absolute atomic E-state index is 0. The van der Waals surface area contributed by atoms with E-state index in [0.717, 1.165) is 0 Å². The van der Waals surface area contributed by atoms with E-state index < -0.39 is 37.3 Å². The molecule has 0 amide bonds. The zero-order chi connectivity index (χ0) is 16.9. The van der Waals surface area contributed by atoms with E-state index in [9.17, 15) is 19.6 Å². The summed E-state index contributed by atoms with van der Waals surface area (Å²) >= 11 is 0. The second-order valence-electron chi connectivity index (χ2n) is 5.16. The molecular formula is C10H17N6O7P. The molecule has 134 valence electrons. The predicted molar refractivity (Wildman–Crippen MR) is 80.3 cm³/mol. The van der Waals surface area contributed by atoms with Gasteiger partial charge in [0.25, 0.3) is 5.56 Å². The highest BCUT2D eigenvalue weighted by atomic mass is 31.2. The number of nitrogens with two attached hydrogens (primary N) is 1. The van der Waals surface area contributed by atoms with Crippen LogP contribution < -0.4 is 17.4 Å². The maximum absolute atomic E-state index is 11.7. The van der Waals surface area contributed by atoms with E-state index >= 15 is 0 Å². The topological polar surface area (TPSA) is 232 Å². The van der Waals surface area contributed by atoms with Crippen molar-refractivity contribution in [2.45, 2.75) is 30.7 Å². The van der Waals surface area contributed by atoms with Crippen LogP contribution >= 0.6 is 7.60 Å². The van der Waals surface area contributed by atoms with Crippen molar-refractivity contribution in [3.63, 3.8) is 0 Å². The number of nitrogen functional groups attached to an aromatic ring is 1. The number of H-pyrrole nitrogens is 1. The Kier molecular flexibility index (Phi) is 4.79. The van der Waals surface area contributed by atoms with Gasteiger partial charge in [-0.15, -0.1) is 0 Å². The number of nitrogens with zero attached hydrogens (tertiary/aromatic N) is 3. The lowest BCUT2D eigenvalue weighted by atomic mass is 10.1. The Bertz CT molecular complexity index is 846. The molecule has 0 aromatic carbocycles. The molecule has 1 fully saturated rings. The van der Waals surface area contributed by atoms with Crippen molar-refractivity contribution in [3.05, 3.63) is 16.7 Å². The molecule has 24 heavy (non-hydrogen) atoms. The van der Waals surface area contributed by atoms with E-state index in [2.05, 4.69) is 15.0 Å². The van der Waals surface area contributed by atoms with Crippen LogP contribution in [0.3, 0.4) is 0 Å². The van der Waals surface area contributed by atoms with Gasteiger partial charge in [0, 0.05) is 0 Å². The highest BCUT2D eigenvalue weighted by Gasteiger charge is 2.50. The largest absolute Gasteiger partial charge is 0.388 e. The molecular weight excluding hydrogens is 347 g/mol. The molecule has 2 aromatic heterocycles. The smallest absolute Gasteiger partial charge is 0.356 e. The molecule has 0 aliphatic carbocycles. The lowest BCUT2D eigenvalue weighted by molar-refractivity contribution is 0.0127. The number of ether oxygens (including phenoxy) is 1. The third-order valence-electron chi connectivity index (χ3n) is 3.54. The highest BCUT2D eigenvalue weighted by molar-refractivity contribution is 7.52. The molecule has 3 rings (SSSR count). The third kappa shape index (κ3) is 3.06. The second kappa shape index (κ2) is 6.22. The Balaban J connectivity index is 0.00000208. The number of aromatic nitrogens is 4. The zero-order valence-corrected chi connectivity index (χ0v) is 13.1. The van der Waals surface area contributed by atoms with Crippen LogP contribution in [-0.4, -0.2) is 63.7 Å². The van der Waals surface area contributed by atoms with Gasteiger partial charge in [0.15, 0.2) is 17.0 Å². The quantitative estimate of drug-likeness (QED) is 0.281. The summed E-state index contributed by atoms with van der Waals surface area (Å²) in [6.07, 6.45) is -3.14. The molecule has 4 atom stereocenters. The van der Waals surface area contributed by atoms with Crippen LogP contribution in [0.2, 0.25) is 0 Å². The Morgan fingerprint density at radius 2 is 2.04 bits per heavy atom. The Morgan fingerprint density at radius 3 is 2.62 bits per heavy atom. The van der Waals surface area contributed by atoms with Gasteiger partial charge < -0.3 is 41.2 Å². The highest BCUT2D eigenvalue weighted by Crippen LogP contribution is 2.48. The summed E-state index contributed by atoms with van der Waals surface area (Å²) in [4.78, 5) is 40.0. The van der Waals surface area contributed by atoms with Gasteiger partial charge in [0.1, 0.15) is 18.3 Å². The fraction of sp³-hybridized carbons (Fsp3) is 0.500. The summed E-state index contributed by atoms with van der Waals surface area (Å²) < 4.78 is 17.7. The van der Waals surface area contributed by atoms with Crippen LogP contribution in [0.5, 0.6) is 0 Å². The summed E-state index contributed by atoms with van der Waals surface area (Å²) in [6.45, 7) is -0.138. The fourth-order valence-corrected chi connectivity index (χ4v) is 3.35. The van der Waals surface area contributed by atoms with Crippen LogP contribution in [0.4, 0.5) is 5.95 Å². The summed E-state index contributed by atoms with van der Waals surface area (Å²) in [5.41, 5.74) is 5.04. The molecule has 13 nitrogen and oxygen atoms in total. The Hall–Kier alpha value is -1.86. The minimum atomic E-state index is -4.75. The van der Waals surface area contributed by atoms with Gasteiger partial charge in [-0.25, -0.2) is 4.98 Å². The average molecular weight is 364 g/mol. The molecule has 1 aliphatic rings. The van der Waals surface area contributed by atoms with Crippen molar-refractivity contribution < 1.29 is 29.3 Å². The van der Waals surface area contributed by atoms with Gasteiger partial charge in [-0.2, -0.15) is 4.98 Å². The van der Waals surface area contributed by atoms with Gasteiger partial charge >= 0.3 is 7.60 Å². The van der Waals surface area contributed by atoms with Crippen molar-refractivity contribution in [1.82, 2.24) is 25.7 Å². The van der Waals surface area contributed by atoms with E-state index in [1.807, 2.05) is 0 Å². The molecule has 10 N–H and O–H groups in total. The van der Waals surface area contributed by atoms with Crippen LogP contribution in [0, 0.1) is 0 Å². The molecule has 0 saturated carbocycles. The number of anilines is 1. The maximum atomic E-state index is 11.7. The first-order chi connectivity index (χ1) is 10.7. The average Bonchev–Trinajstić information content (AvgIpc) is 2.95. The Labute approximate surface area is 133 Å². The number of aromatic amines is 1. The van der Waals surface area contributed by atoms with Gasteiger partial charge in [-0.1, -0.05) is 0 Å². The maximum Gasteiger partial charge on any atom is 0.356 e. The normalized spacial score (nSPS) is 27.3. The molecule has 1 saturated heterocycles. The summed E-state index contributed by atoms with van der Waals surface area (Å²) in [6, 6.07) is 0. The van der Waals surface area contributed by atoms with Gasteiger partial charge in [0.2, 0.25) is 5.95 Å². The first kappa shape index (κ1) is 18.5. The Morgan fingerprint density at radius 1 is 1.38 bits per heavy atom. The van der Waals surface area contributed by atoms with Crippen molar-refractivity contribution in [1.29, 1.82) is 0 Å². The van der Waals surface area contributed by atoms with Gasteiger partial charge in [-0.05, 0) is 0 Å². The molecule has 1 aliphatic heterocycles. The monoisotopic (exact) mass is 364 g/mol. The fourth-order valence-electron chi connectivity index (χ4n) is 2.46. The first-order valence-electron chi connectivity index (χ1n) is 6.46. The number of nitrogens with one attached hydrogen (secondary N) is 1. The van der Waals surface area contributed by atoms with Crippen LogP contribution in [-0.2, 0) is 15.8 Å². The van der Waals surface area contributed by atoms with E-state index in [-0.39, 0.29) is 29.8 Å². The van der Waals surface area contributed by atoms with Crippen molar-refractivity contribution in [2.24, 2.45) is 0 Å². The molecule has 2 aromatic rings. The van der Waals surface area contributed by atoms with E-state index in [4.69, 9.17) is 20.3 Å². The molecule has 0 unspecified atom stereocenters. The van der Waals surface area contributed by atoms with Gasteiger partial charge in [-0.3, -0.25) is 14.3 Å². The van der Waals surface area contributed by atoms with Crippen molar-refractivity contribution in [2.75, 3.05) is 5.73 Å². The SMILES string of the molecule is N.Nc1nc2c(ncn2C[C@H]2O[C@@H](P(=O)(O)O)[C@H](O)[C@@H]2O)c(=O)[nH]1. The molecule has 3 heterocycles. The number of aliphatic hydroxyl groups is 2. The van der Waals surface area contributed by atoms with E-state index in [1.165, 1.54) is 10.9 Å². The third-order valence-corrected chi connectivity index (χ3v) is 4.63. The van der Waals surface area contributed by atoms with Gasteiger partial charge in [0.05, 0.1) is 12.9 Å². The van der Waals surface area contributed by atoms with Crippen LogP contribution in [0.15, 0.2) is 11.1 Å². The first-order valence-corrected chi connectivity index (χ1v) is 8.14.